The fraction of sp³-hybridized carbons (Fsp3) is 0.857. The Morgan fingerprint density at radius 2 is 2.00 bits per heavy atom. The molecule has 0 aromatic rings. The number of carbonyl (C=O) groups excluding carboxylic acids is 1. The molecule has 1 rings (SSSR count). The van der Waals surface area contributed by atoms with Gasteiger partial charge in [0.25, 0.3) is 0 Å². The van der Waals surface area contributed by atoms with E-state index in [2.05, 4.69) is 6.92 Å². The third-order valence-corrected chi connectivity index (χ3v) is 4.84. The van der Waals surface area contributed by atoms with Crippen molar-refractivity contribution in [3.63, 3.8) is 0 Å². The van der Waals surface area contributed by atoms with Gasteiger partial charge in [-0.2, -0.15) is 11.8 Å². The molecule has 6 heteroatoms. The van der Waals surface area contributed by atoms with E-state index in [-0.39, 0.29) is 18.5 Å². The van der Waals surface area contributed by atoms with Crippen molar-refractivity contribution < 1.29 is 14.7 Å². The maximum Gasteiger partial charge on any atom is 0.320 e. The summed E-state index contributed by atoms with van der Waals surface area (Å²) in [7, 11) is 1.86. The molecule has 0 aromatic heterocycles. The molecule has 20 heavy (non-hydrogen) atoms. The lowest BCUT2D eigenvalue weighted by molar-refractivity contribution is -0.137. The number of hydrogen-bond donors (Lipinski definition) is 1. The fourth-order valence-electron chi connectivity index (χ4n) is 2.51. The van der Waals surface area contributed by atoms with Crippen molar-refractivity contribution >= 4 is 23.8 Å². The Morgan fingerprint density at radius 3 is 2.50 bits per heavy atom. The molecule has 0 spiro atoms. The van der Waals surface area contributed by atoms with Crippen LogP contribution in [0.3, 0.4) is 0 Å². The van der Waals surface area contributed by atoms with Crippen LogP contribution >= 0.6 is 11.8 Å². The summed E-state index contributed by atoms with van der Waals surface area (Å²) < 4.78 is 0. The second kappa shape index (κ2) is 8.39. The van der Waals surface area contributed by atoms with Crippen molar-refractivity contribution in [3.8, 4) is 0 Å². The molecule has 1 N–H and O–H groups in total. The number of urea groups is 1. The van der Waals surface area contributed by atoms with Crippen LogP contribution in [0.5, 0.6) is 0 Å². The van der Waals surface area contributed by atoms with E-state index in [0.717, 1.165) is 38.1 Å². The third-order valence-electron chi connectivity index (χ3n) is 4.02. The van der Waals surface area contributed by atoms with E-state index in [1.807, 2.05) is 23.1 Å². The average Bonchev–Trinajstić information content (AvgIpc) is 2.44. The smallest absolute Gasteiger partial charge is 0.320 e. The molecule has 116 valence electrons. The number of hydrogen-bond acceptors (Lipinski definition) is 3. The number of nitrogens with zero attached hydrogens (tertiary/aromatic N) is 2. The first-order valence-electron chi connectivity index (χ1n) is 7.18. The number of amides is 2. The van der Waals surface area contributed by atoms with Gasteiger partial charge in [0.1, 0.15) is 0 Å². The van der Waals surface area contributed by atoms with Gasteiger partial charge in [0.2, 0.25) is 0 Å². The molecule has 1 atom stereocenters. The lowest BCUT2D eigenvalue weighted by Gasteiger charge is -2.36. The summed E-state index contributed by atoms with van der Waals surface area (Å²) in [6.45, 7) is 3.56. The molecule has 0 saturated carbocycles. The second-order valence-corrected chi connectivity index (χ2v) is 6.47. The van der Waals surface area contributed by atoms with Crippen molar-refractivity contribution in [3.05, 3.63) is 0 Å². The quantitative estimate of drug-likeness (QED) is 0.818. The first-order chi connectivity index (χ1) is 9.45. The number of thioether (sulfide) groups is 1. The zero-order valence-electron chi connectivity index (χ0n) is 12.7. The molecule has 0 aromatic carbocycles. The van der Waals surface area contributed by atoms with Crippen molar-refractivity contribution in [1.29, 1.82) is 0 Å². The molecule has 1 unspecified atom stereocenters. The molecule has 1 aliphatic rings. The maximum absolute atomic E-state index is 12.3. The summed E-state index contributed by atoms with van der Waals surface area (Å²) in [5.74, 6) is 0.662. The van der Waals surface area contributed by atoms with E-state index in [1.165, 1.54) is 0 Å². The number of rotatable bonds is 6. The first kappa shape index (κ1) is 17.1. The van der Waals surface area contributed by atoms with Crippen molar-refractivity contribution in [2.75, 3.05) is 32.1 Å². The average molecular weight is 302 g/mol. The Bertz CT molecular complexity index is 330. The molecule has 1 heterocycles. The highest BCUT2D eigenvalue weighted by molar-refractivity contribution is 7.98. The molecule has 1 saturated heterocycles. The van der Waals surface area contributed by atoms with Crippen LogP contribution < -0.4 is 0 Å². The summed E-state index contributed by atoms with van der Waals surface area (Å²) in [6, 6.07) is 0.338. The molecule has 1 aliphatic heterocycles. The van der Waals surface area contributed by atoms with Gasteiger partial charge in [0.15, 0.2) is 0 Å². The van der Waals surface area contributed by atoms with E-state index in [9.17, 15) is 9.59 Å². The van der Waals surface area contributed by atoms with Crippen LogP contribution in [0.15, 0.2) is 0 Å². The lowest BCUT2D eigenvalue weighted by Crippen LogP contribution is -2.48. The van der Waals surface area contributed by atoms with E-state index in [0.29, 0.717) is 5.92 Å². The minimum atomic E-state index is -0.728. The summed E-state index contributed by atoms with van der Waals surface area (Å²) in [5.41, 5.74) is 0. The van der Waals surface area contributed by atoms with Crippen molar-refractivity contribution in [2.24, 2.45) is 5.92 Å². The topological polar surface area (TPSA) is 60.9 Å². The normalized spacial score (nSPS) is 17.9. The highest BCUT2D eigenvalue weighted by Crippen LogP contribution is 2.23. The molecular formula is C14H26N2O3S. The minimum Gasteiger partial charge on any atom is -0.481 e. The number of piperidine rings is 1. The lowest BCUT2D eigenvalue weighted by atomic mass is 9.92. The predicted octanol–water partition coefficient (Wildman–Crippen LogP) is 2.37. The van der Waals surface area contributed by atoms with Gasteiger partial charge < -0.3 is 14.9 Å². The third kappa shape index (κ3) is 5.23. The van der Waals surface area contributed by atoms with Crippen LogP contribution in [0.4, 0.5) is 4.79 Å². The van der Waals surface area contributed by atoms with Gasteiger partial charge in [0.05, 0.1) is 0 Å². The van der Waals surface area contributed by atoms with E-state index < -0.39 is 5.97 Å². The summed E-state index contributed by atoms with van der Waals surface area (Å²) >= 11 is 1.74. The summed E-state index contributed by atoms with van der Waals surface area (Å²) in [6.07, 6.45) is 4.86. The monoisotopic (exact) mass is 302 g/mol. The Labute approximate surface area is 125 Å². The number of carboxylic acid groups (broad SMARTS) is 1. The molecule has 0 aliphatic carbocycles. The molecule has 1 fully saturated rings. The van der Waals surface area contributed by atoms with E-state index in [1.54, 1.807) is 11.8 Å². The molecule has 0 radical (unpaired) electrons. The summed E-state index contributed by atoms with van der Waals surface area (Å²) in [4.78, 5) is 26.6. The predicted molar refractivity (Wildman–Crippen MR) is 82.2 cm³/mol. The highest BCUT2D eigenvalue weighted by atomic mass is 32.2. The highest BCUT2D eigenvalue weighted by Gasteiger charge is 2.26. The Morgan fingerprint density at radius 1 is 1.40 bits per heavy atom. The maximum atomic E-state index is 12.3. The SMILES string of the molecule is CSCC(C)N(C)C(=O)N1CCC(CCC(=O)O)CC1. The van der Waals surface area contributed by atoms with Crippen molar-refractivity contribution in [1.82, 2.24) is 9.80 Å². The first-order valence-corrected chi connectivity index (χ1v) is 8.57. The van der Waals surface area contributed by atoms with Crippen molar-refractivity contribution in [2.45, 2.75) is 38.6 Å². The molecular weight excluding hydrogens is 276 g/mol. The minimum absolute atomic E-state index is 0.100. The van der Waals surface area contributed by atoms with Gasteiger partial charge in [-0.25, -0.2) is 4.79 Å². The van der Waals surface area contributed by atoms with E-state index >= 15 is 0 Å². The van der Waals surface area contributed by atoms with Gasteiger partial charge in [-0.15, -0.1) is 0 Å². The Hall–Kier alpha value is -0.910. The molecule has 5 nitrogen and oxygen atoms in total. The van der Waals surface area contributed by atoms with Crippen LogP contribution in [-0.4, -0.2) is 65.1 Å². The van der Waals surface area contributed by atoms with Crippen LogP contribution in [0, 0.1) is 5.92 Å². The molecule has 0 bridgehead atoms. The zero-order chi connectivity index (χ0) is 15.1. The van der Waals surface area contributed by atoms with Crippen LogP contribution in [0.25, 0.3) is 0 Å². The second-order valence-electron chi connectivity index (χ2n) is 5.56. The van der Waals surface area contributed by atoms with Gasteiger partial charge in [0, 0.05) is 38.4 Å². The standard InChI is InChI=1S/C14H26N2O3S/c1-11(10-20-3)15(2)14(19)16-8-6-12(7-9-16)4-5-13(17)18/h11-12H,4-10H2,1-3H3,(H,17,18). The fourth-order valence-corrected chi connectivity index (χ4v) is 3.21. The van der Waals surface area contributed by atoms with Gasteiger partial charge in [-0.05, 0) is 38.4 Å². The Kier molecular flexibility index (Phi) is 7.19. The van der Waals surface area contributed by atoms with Gasteiger partial charge >= 0.3 is 12.0 Å². The van der Waals surface area contributed by atoms with Crippen LogP contribution in [-0.2, 0) is 4.79 Å². The van der Waals surface area contributed by atoms with Gasteiger partial charge in [-0.3, -0.25) is 4.79 Å². The number of likely N-dealkylation sites (tertiary alicyclic amines) is 1. The molecule has 2 amide bonds. The van der Waals surface area contributed by atoms with Crippen LogP contribution in [0.1, 0.15) is 32.6 Å². The zero-order valence-corrected chi connectivity index (χ0v) is 13.5. The van der Waals surface area contributed by atoms with Gasteiger partial charge in [-0.1, -0.05) is 0 Å². The Balaban J connectivity index is 2.36. The number of carbonyl (C=O) groups is 2. The van der Waals surface area contributed by atoms with E-state index in [4.69, 9.17) is 5.11 Å². The number of aliphatic carboxylic acids is 1. The number of carboxylic acids is 1. The largest absolute Gasteiger partial charge is 0.481 e. The van der Waals surface area contributed by atoms with Crippen LogP contribution in [0.2, 0.25) is 0 Å². The summed E-state index contributed by atoms with van der Waals surface area (Å²) in [5, 5.41) is 8.70.